The lowest BCUT2D eigenvalue weighted by Gasteiger charge is -2.28. The third kappa shape index (κ3) is 9.07. The van der Waals surface area contributed by atoms with Gasteiger partial charge in [0.25, 0.3) is 0 Å². The maximum absolute atomic E-state index is 9.59. The predicted molar refractivity (Wildman–Crippen MR) is 348 cm³/mol. The molecule has 0 amide bonds. The average molecular weight is 1070 g/mol. The quantitative estimate of drug-likeness (QED) is 0.128. The molecule has 83 heavy (non-hydrogen) atoms. The summed E-state index contributed by atoms with van der Waals surface area (Å²) >= 11 is 0. The summed E-state index contributed by atoms with van der Waals surface area (Å²) in [6.45, 7) is 22.7. The van der Waals surface area contributed by atoms with Crippen molar-refractivity contribution in [2.24, 2.45) is 0 Å². The summed E-state index contributed by atoms with van der Waals surface area (Å²) in [4.78, 5) is 4.63. The number of fused-ring (bicyclic) bond motifs is 9. The minimum Gasteiger partial charge on any atom is -0.310 e. The molecule has 0 spiro atoms. The summed E-state index contributed by atoms with van der Waals surface area (Å²) in [6.07, 6.45) is 9.09. The molecule has 10 aromatic rings. The van der Waals surface area contributed by atoms with Crippen LogP contribution in [0.3, 0.4) is 0 Å². The van der Waals surface area contributed by atoms with Crippen LogP contribution in [0.2, 0.25) is 0 Å². The van der Waals surface area contributed by atoms with Crippen LogP contribution in [0, 0.1) is 50.4 Å². The second-order valence-corrected chi connectivity index (χ2v) is 24.9. The fraction of sp³-hybridized carbons (Fsp3) is 0.165. The first-order chi connectivity index (χ1) is 39.9. The Kier molecular flexibility index (Phi) is 12.5. The van der Waals surface area contributed by atoms with Crippen LogP contribution in [0.25, 0.3) is 57.7 Å². The standard InChI is InChI=1S/C79H66N4/c1-49-35-50(2)38-63(37-49)82(59-23-15-57(47-80)16-24-59)61-27-33-69-67-31-21-55(43-73(67)78(7,8)75(69)45-61)13-11-53-19-29-65-66-30-20-54(42-72(66)77(5,6)71(65)41-53)12-14-56-22-32-68-70-34-28-62(46-76(70)79(9,10)74(68)44-56)83(60-25-17-58(48-81)18-26-60)64-39-51(3)36-52(4)40-64/h11-46H,1-10H3/b13-11+,14-12+. The van der Waals surface area contributed by atoms with Gasteiger partial charge in [-0.15, -0.1) is 0 Å². The fourth-order valence-corrected chi connectivity index (χ4v) is 13.8. The molecule has 0 unspecified atom stereocenters. The Labute approximate surface area is 490 Å². The van der Waals surface area contributed by atoms with E-state index in [1.165, 1.54) is 111 Å². The van der Waals surface area contributed by atoms with Gasteiger partial charge >= 0.3 is 0 Å². The Morgan fingerprint density at radius 3 is 0.783 bits per heavy atom. The molecule has 0 atom stereocenters. The molecule has 0 aliphatic heterocycles. The molecule has 0 heterocycles. The molecule has 402 valence electrons. The molecular formula is C79H66N4. The van der Waals surface area contributed by atoms with Crippen molar-refractivity contribution in [2.45, 2.75) is 85.5 Å². The van der Waals surface area contributed by atoms with E-state index in [0.717, 1.165) is 34.1 Å². The van der Waals surface area contributed by atoms with Crippen LogP contribution in [0.1, 0.15) is 131 Å². The molecule has 0 bridgehead atoms. The van der Waals surface area contributed by atoms with Gasteiger partial charge in [0, 0.05) is 50.4 Å². The van der Waals surface area contributed by atoms with Crippen molar-refractivity contribution < 1.29 is 0 Å². The summed E-state index contributed by atoms with van der Waals surface area (Å²) in [5, 5.41) is 19.2. The van der Waals surface area contributed by atoms with E-state index in [0.29, 0.717) is 11.1 Å². The maximum Gasteiger partial charge on any atom is 0.0991 e. The van der Waals surface area contributed by atoms with Gasteiger partial charge in [0.05, 0.1) is 23.3 Å². The van der Waals surface area contributed by atoms with Crippen molar-refractivity contribution in [3.05, 3.63) is 283 Å². The second-order valence-electron chi connectivity index (χ2n) is 24.9. The average Bonchev–Trinajstić information content (AvgIpc) is 4.20. The molecule has 4 nitrogen and oxygen atoms in total. The highest BCUT2D eigenvalue weighted by atomic mass is 15.1. The minimum absolute atomic E-state index is 0.176. The Balaban J connectivity index is 0.733. The predicted octanol–water partition coefficient (Wildman–Crippen LogP) is 20.9. The van der Waals surface area contributed by atoms with Gasteiger partial charge in [-0.25, -0.2) is 0 Å². The second kappa shape index (κ2) is 19.8. The fourth-order valence-electron chi connectivity index (χ4n) is 13.8. The number of rotatable bonds is 10. The summed E-state index contributed by atoms with van der Waals surface area (Å²) in [7, 11) is 0. The van der Waals surface area contributed by atoms with Gasteiger partial charge in [-0.2, -0.15) is 10.5 Å². The van der Waals surface area contributed by atoms with Gasteiger partial charge < -0.3 is 9.80 Å². The number of hydrogen-bond acceptors (Lipinski definition) is 4. The van der Waals surface area contributed by atoms with Crippen LogP contribution in [-0.4, -0.2) is 0 Å². The van der Waals surface area contributed by atoms with Gasteiger partial charge in [0.1, 0.15) is 0 Å². The zero-order chi connectivity index (χ0) is 57.7. The lowest BCUT2D eigenvalue weighted by Crippen LogP contribution is -2.17. The SMILES string of the molecule is Cc1cc(C)cc(N(c2ccc(C#N)cc2)c2ccc3c(c2)C(C)(C)c2cc(/C=C/c4ccc5c(c4)C(C)(C)c4cc(/C=C/c6ccc7c(c6)C(C)(C)c6cc(N(c8ccc(C#N)cc8)c8cc(C)cc(C)c8)ccc6-7)ccc4-5)ccc2-3)c1. The molecule has 4 heteroatoms. The molecule has 0 fully saturated rings. The van der Waals surface area contributed by atoms with Crippen molar-refractivity contribution in [3.8, 4) is 45.5 Å². The Morgan fingerprint density at radius 1 is 0.277 bits per heavy atom. The van der Waals surface area contributed by atoms with Crippen molar-refractivity contribution >= 4 is 58.4 Å². The van der Waals surface area contributed by atoms with Crippen molar-refractivity contribution in [2.75, 3.05) is 9.80 Å². The minimum atomic E-state index is -0.224. The van der Waals surface area contributed by atoms with Gasteiger partial charge in [-0.3, -0.25) is 0 Å². The number of nitrogens with zero attached hydrogens (tertiary/aromatic N) is 4. The van der Waals surface area contributed by atoms with E-state index < -0.39 is 0 Å². The highest BCUT2D eigenvalue weighted by Crippen LogP contribution is 2.54. The maximum atomic E-state index is 9.59. The van der Waals surface area contributed by atoms with E-state index in [2.05, 4.69) is 261 Å². The monoisotopic (exact) mass is 1070 g/mol. The molecule has 0 aromatic heterocycles. The largest absolute Gasteiger partial charge is 0.310 e. The van der Waals surface area contributed by atoms with Gasteiger partial charge in [0.15, 0.2) is 0 Å². The Bertz CT molecular complexity index is 4140. The van der Waals surface area contributed by atoms with E-state index in [9.17, 15) is 10.5 Å². The smallest absolute Gasteiger partial charge is 0.0991 e. The van der Waals surface area contributed by atoms with Gasteiger partial charge in [-0.1, -0.05) is 163 Å². The normalized spacial score (nSPS) is 14.3. The van der Waals surface area contributed by atoms with Gasteiger partial charge in [-0.05, 0) is 236 Å². The molecule has 13 rings (SSSR count). The number of benzene rings is 10. The third-order valence-electron chi connectivity index (χ3n) is 18.0. The van der Waals surface area contributed by atoms with Crippen LogP contribution < -0.4 is 9.80 Å². The number of hydrogen-bond donors (Lipinski definition) is 0. The van der Waals surface area contributed by atoms with E-state index in [1.54, 1.807) is 0 Å². The van der Waals surface area contributed by atoms with Gasteiger partial charge in [0.2, 0.25) is 0 Å². The lowest BCUT2D eigenvalue weighted by molar-refractivity contribution is 0.660. The molecule has 3 aliphatic rings. The van der Waals surface area contributed by atoms with Crippen LogP contribution in [0.4, 0.5) is 34.1 Å². The number of aryl methyl sites for hydroxylation is 4. The molecule has 0 N–H and O–H groups in total. The summed E-state index contributed by atoms with van der Waals surface area (Å²) in [6, 6.07) is 75.4. The van der Waals surface area contributed by atoms with Crippen molar-refractivity contribution in [1.29, 1.82) is 10.5 Å². The molecule has 10 aromatic carbocycles. The first kappa shape index (κ1) is 52.6. The van der Waals surface area contributed by atoms with Crippen LogP contribution in [-0.2, 0) is 16.2 Å². The summed E-state index contributed by atoms with van der Waals surface area (Å²) in [5.41, 5.74) is 32.4. The van der Waals surface area contributed by atoms with Crippen LogP contribution in [0.15, 0.2) is 194 Å². The summed E-state index contributed by atoms with van der Waals surface area (Å²) < 4.78 is 0. The molecule has 0 radical (unpaired) electrons. The zero-order valence-electron chi connectivity index (χ0n) is 49.1. The topological polar surface area (TPSA) is 54.1 Å². The first-order valence-electron chi connectivity index (χ1n) is 28.9. The van der Waals surface area contributed by atoms with Crippen LogP contribution >= 0.6 is 0 Å². The molecule has 0 saturated heterocycles. The van der Waals surface area contributed by atoms with E-state index in [-0.39, 0.29) is 16.2 Å². The molecule has 0 saturated carbocycles. The van der Waals surface area contributed by atoms with E-state index in [4.69, 9.17) is 0 Å². The number of nitriles is 2. The third-order valence-corrected chi connectivity index (χ3v) is 18.0. The van der Waals surface area contributed by atoms with Crippen LogP contribution in [0.5, 0.6) is 0 Å². The van der Waals surface area contributed by atoms with E-state index >= 15 is 0 Å². The highest BCUT2D eigenvalue weighted by molar-refractivity contribution is 5.90. The zero-order valence-corrected chi connectivity index (χ0v) is 49.1. The molecule has 3 aliphatic carbocycles. The lowest BCUT2D eigenvalue weighted by atomic mass is 9.81. The molecular weight excluding hydrogens is 1000 g/mol. The summed E-state index contributed by atoms with van der Waals surface area (Å²) in [5.74, 6) is 0. The first-order valence-corrected chi connectivity index (χ1v) is 28.9. The van der Waals surface area contributed by atoms with E-state index in [1.807, 2.05) is 48.5 Å². The Morgan fingerprint density at radius 2 is 0.518 bits per heavy atom. The number of anilines is 6. The Hall–Kier alpha value is -9.74. The van der Waals surface area contributed by atoms with Crippen molar-refractivity contribution in [1.82, 2.24) is 0 Å². The van der Waals surface area contributed by atoms with Crippen molar-refractivity contribution in [3.63, 3.8) is 0 Å². The highest BCUT2D eigenvalue weighted by Gasteiger charge is 2.39.